The first-order valence-electron chi connectivity index (χ1n) is 6.99. The van der Waals surface area contributed by atoms with E-state index in [0.717, 1.165) is 0 Å². The van der Waals surface area contributed by atoms with Gasteiger partial charge < -0.3 is 0 Å². The summed E-state index contributed by atoms with van der Waals surface area (Å²) in [5, 5.41) is 0. The minimum absolute atomic E-state index is 0.143. The molecule has 0 unspecified atom stereocenters. The van der Waals surface area contributed by atoms with Gasteiger partial charge in [-0.15, -0.1) is 0 Å². The summed E-state index contributed by atoms with van der Waals surface area (Å²) in [5.41, 5.74) is 2.79. The topological polar surface area (TPSA) is 0 Å². The molecule has 106 valence electrons. The lowest BCUT2D eigenvalue weighted by Gasteiger charge is -2.11. The molecule has 0 nitrogen and oxygen atoms in total. The van der Waals surface area contributed by atoms with Crippen LogP contribution in [-0.4, -0.2) is 0 Å². The van der Waals surface area contributed by atoms with Crippen LogP contribution in [0.15, 0.2) is 36.4 Å². The number of rotatable bonds is 3. The van der Waals surface area contributed by atoms with Gasteiger partial charge in [0, 0.05) is 0 Å². The van der Waals surface area contributed by atoms with E-state index in [0.29, 0.717) is 22.3 Å². The minimum Gasteiger partial charge on any atom is -0.207 e. The van der Waals surface area contributed by atoms with E-state index in [1.807, 2.05) is 39.8 Å². The van der Waals surface area contributed by atoms with Crippen molar-refractivity contribution >= 4 is 0 Å². The van der Waals surface area contributed by atoms with Crippen LogP contribution in [0.5, 0.6) is 0 Å². The Balaban J connectivity index is 2.42. The average Bonchev–Trinajstić information content (AvgIpc) is 2.37. The molecule has 2 aromatic carbocycles. The molecule has 0 atom stereocenters. The van der Waals surface area contributed by atoms with Crippen LogP contribution < -0.4 is 0 Å². The Morgan fingerprint density at radius 2 is 1.00 bits per heavy atom. The maximum Gasteiger partial charge on any atom is 0.127 e. The van der Waals surface area contributed by atoms with Crippen LogP contribution in [0.25, 0.3) is 11.1 Å². The summed E-state index contributed by atoms with van der Waals surface area (Å²) in [7, 11) is 0. The third-order valence-electron chi connectivity index (χ3n) is 3.58. The third kappa shape index (κ3) is 2.90. The molecule has 0 saturated carbocycles. The molecule has 2 rings (SSSR count). The fraction of sp³-hybridized carbons (Fsp3) is 0.333. The molecule has 0 spiro atoms. The van der Waals surface area contributed by atoms with Gasteiger partial charge in [-0.1, -0.05) is 52.0 Å². The van der Waals surface area contributed by atoms with Crippen molar-refractivity contribution in [1.29, 1.82) is 0 Å². The highest BCUT2D eigenvalue weighted by molar-refractivity contribution is 5.64. The number of halogens is 2. The monoisotopic (exact) mass is 274 g/mol. The lowest BCUT2D eigenvalue weighted by Crippen LogP contribution is -1.95. The Labute approximate surface area is 119 Å². The highest BCUT2D eigenvalue weighted by atomic mass is 19.1. The molecular weight excluding hydrogens is 254 g/mol. The molecule has 0 N–H and O–H groups in total. The zero-order valence-corrected chi connectivity index (χ0v) is 12.4. The minimum atomic E-state index is -0.231. The fourth-order valence-corrected chi connectivity index (χ4v) is 2.35. The first-order chi connectivity index (χ1) is 9.40. The second kappa shape index (κ2) is 5.74. The largest absolute Gasteiger partial charge is 0.207 e. The van der Waals surface area contributed by atoms with E-state index in [4.69, 9.17) is 0 Å². The van der Waals surface area contributed by atoms with Crippen LogP contribution in [0.1, 0.15) is 50.7 Å². The van der Waals surface area contributed by atoms with Crippen LogP contribution in [0.4, 0.5) is 8.78 Å². The molecule has 0 bridgehead atoms. The molecule has 0 amide bonds. The molecule has 0 saturated heterocycles. The summed E-state index contributed by atoms with van der Waals surface area (Å²) in [4.78, 5) is 0. The van der Waals surface area contributed by atoms with Crippen LogP contribution in [0.2, 0.25) is 0 Å². The molecule has 0 fully saturated rings. The average molecular weight is 274 g/mol. The van der Waals surface area contributed by atoms with Crippen molar-refractivity contribution in [3.63, 3.8) is 0 Å². The van der Waals surface area contributed by atoms with Crippen LogP contribution in [-0.2, 0) is 0 Å². The van der Waals surface area contributed by atoms with Gasteiger partial charge >= 0.3 is 0 Å². The van der Waals surface area contributed by atoms with Crippen LogP contribution >= 0.6 is 0 Å². The Morgan fingerprint density at radius 3 is 1.25 bits per heavy atom. The van der Waals surface area contributed by atoms with E-state index in [-0.39, 0.29) is 23.5 Å². The summed E-state index contributed by atoms with van der Waals surface area (Å²) in [5.74, 6) is -0.176. The van der Waals surface area contributed by atoms with E-state index in [1.165, 1.54) is 12.1 Å². The Bertz CT molecular complexity index is 557. The molecular formula is C18H20F2. The van der Waals surface area contributed by atoms with Crippen molar-refractivity contribution in [1.82, 2.24) is 0 Å². The second-order valence-electron chi connectivity index (χ2n) is 5.78. The fourth-order valence-electron chi connectivity index (χ4n) is 2.35. The van der Waals surface area contributed by atoms with E-state index in [2.05, 4.69) is 0 Å². The molecule has 20 heavy (non-hydrogen) atoms. The van der Waals surface area contributed by atoms with E-state index in [9.17, 15) is 8.78 Å². The molecule has 0 aliphatic rings. The standard InChI is InChI=1S/C18H20F2/c1-11(2)15-7-5-13(9-17(15)19)14-6-8-16(12(3)4)18(20)10-14/h5-12H,1-4H3. The van der Waals surface area contributed by atoms with E-state index < -0.39 is 0 Å². The molecule has 0 radical (unpaired) electrons. The maximum atomic E-state index is 14.0. The predicted octanol–water partition coefficient (Wildman–Crippen LogP) is 5.88. The summed E-state index contributed by atoms with van der Waals surface area (Å²) in [6.45, 7) is 7.81. The highest BCUT2D eigenvalue weighted by Crippen LogP contribution is 2.28. The van der Waals surface area contributed by atoms with Crippen LogP contribution in [0.3, 0.4) is 0 Å². The Morgan fingerprint density at radius 1 is 0.650 bits per heavy atom. The van der Waals surface area contributed by atoms with Gasteiger partial charge in [-0.05, 0) is 46.2 Å². The first-order valence-corrected chi connectivity index (χ1v) is 6.99. The molecule has 0 heterocycles. The smallest absolute Gasteiger partial charge is 0.127 e. The van der Waals surface area contributed by atoms with Gasteiger partial charge in [0.15, 0.2) is 0 Å². The molecule has 2 heteroatoms. The van der Waals surface area contributed by atoms with Gasteiger partial charge in [0.25, 0.3) is 0 Å². The van der Waals surface area contributed by atoms with Gasteiger partial charge in [0.1, 0.15) is 11.6 Å². The van der Waals surface area contributed by atoms with Gasteiger partial charge in [0.05, 0.1) is 0 Å². The van der Waals surface area contributed by atoms with Gasteiger partial charge in [-0.3, -0.25) is 0 Å². The van der Waals surface area contributed by atoms with E-state index in [1.54, 1.807) is 12.1 Å². The van der Waals surface area contributed by atoms with Crippen molar-refractivity contribution in [2.24, 2.45) is 0 Å². The van der Waals surface area contributed by atoms with Gasteiger partial charge in [0.2, 0.25) is 0 Å². The number of hydrogen-bond donors (Lipinski definition) is 0. The third-order valence-corrected chi connectivity index (χ3v) is 3.58. The Kier molecular flexibility index (Phi) is 4.22. The molecule has 0 aromatic heterocycles. The van der Waals surface area contributed by atoms with Crippen molar-refractivity contribution in [2.45, 2.75) is 39.5 Å². The Hall–Kier alpha value is -1.70. The van der Waals surface area contributed by atoms with E-state index >= 15 is 0 Å². The quantitative estimate of drug-likeness (QED) is 0.655. The lowest BCUT2D eigenvalue weighted by molar-refractivity contribution is 0.596. The van der Waals surface area contributed by atoms with Crippen molar-refractivity contribution in [3.05, 3.63) is 59.2 Å². The normalized spacial score (nSPS) is 11.4. The van der Waals surface area contributed by atoms with Crippen molar-refractivity contribution < 1.29 is 8.78 Å². The van der Waals surface area contributed by atoms with Crippen molar-refractivity contribution in [2.75, 3.05) is 0 Å². The summed E-state index contributed by atoms with van der Waals surface area (Å²) in [6, 6.07) is 10.2. The zero-order valence-electron chi connectivity index (χ0n) is 12.4. The molecule has 2 aromatic rings. The second-order valence-corrected chi connectivity index (χ2v) is 5.78. The van der Waals surface area contributed by atoms with Gasteiger partial charge in [-0.25, -0.2) is 8.78 Å². The SMILES string of the molecule is CC(C)c1ccc(-c2ccc(C(C)C)c(F)c2)cc1F. The van der Waals surface area contributed by atoms with Crippen LogP contribution in [0, 0.1) is 11.6 Å². The maximum absolute atomic E-state index is 14.0. The summed E-state index contributed by atoms with van der Waals surface area (Å²) < 4.78 is 28.0. The summed E-state index contributed by atoms with van der Waals surface area (Å²) >= 11 is 0. The van der Waals surface area contributed by atoms with Crippen molar-refractivity contribution in [3.8, 4) is 11.1 Å². The zero-order chi connectivity index (χ0) is 14.9. The predicted molar refractivity (Wildman–Crippen MR) is 80.0 cm³/mol. The van der Waals surface area contributed by atoms with Gasteiger partial charge in [-0.2, -0.15) is 0 Å². The molecule has 0 aliphatic carbocycles. The highest BCUT2D eigenvalue weighted by Gasteiger charge is 2.11. The number of hydrogen-bond acceptors (Lipinski definition) is 0. The summed E-state index contributed by atoms with van der Waals surface area (Å²) in [6.07, 6.45) is 0. The molecule has 0 aliphatic heterocycles. The first kappa shape index (κ1) is 14.7. The lowest BCUT2D eigenvalue weighted by atomic mass is 9.95. The number of benzene rings is 2.